The number of hydrogen-bond acceptors (Lipinski definition) is 3. The van der Waals surface area contributed by atoms with Crippen LogP contribution in [-0.4, -0.2) is 30.8 Å². The first-order chi connectivity index (χ1) is 10.5. The van der Waals surface area contributed by atoms with Gasteiger partial charge in [0.2, 0.25) is 17.7 Å². The Morgan fingerprint density at radius 2 is 2.27 bits per heavy atom. The monoisotopic (exact) mass is 301 g/mol. The zero-order chi connectivity index (χ0) is 16.1. The molecule has 1 aliphatic heterocycles. The number of benzene rings is 1. The SMILES string of the molecule is C=CC(=O)N(C)c1cccc(CNC(=O)[C@@H]2CCC(=O)N2)c1. The van der Waals surface area contributed by atoms with E-state index in [-0.39, 0.29) is 17.7 Å². The third-order valence-corrected chi connectivity index (χ3v) is 3.58. The zero-order valence-electron chi connectivity index (χ0n) is 12.5. The third kappa shape index (κ3) is 3.72. The molecule has 2 N–H and O–H groups in total. The molecular formula is C16H19N3O3. The lowest BCUT2D eigenvalue weighted by Gasteiger charge is -2.16. The van der Waals surface area contributed by atoms with Gasteiger partial charge in [-0.3, -0.25) is 14.4 Å². The van der Waals surface area contributed by atoms with E-state index in [2.05, 4.69) is 17.2 Å². The molecule has 1 aromatic carbocycles. The smallest absolute Gasteiger partial charge is 0.250 e. The van der Waals surface area contributed by atoms with Crippen LogP contribution in [0.15, 0.2) is 36.9 Å². The van der Waals surface area contributed by atoms with Crippen molar-refractivity contribution in [3.8, 4) is 0 Å². The minimum Gasteiger partial charge on any atom is -0.350 e. The maximum atomic E-state index is 11.9. The van der Waals surface area contributed by atoms with Crippen molar-refractivity contribution in [1.29, 1.82) is 0 Å². The minimum absolute atomic E-state index is 0.0910. The lowest BCUT2D eigenvalue weighted by Crippen LogP contribution is -2.41. The highest BCUT2D eigenvalue weighted by Crippen LogP contribution is 2.15. The molecule has 2 rings (SSSR count). The van der Waals surface area contributed by atoms with E-state index in [4.69, 9.17) is 0 Å². The number of amides is 3. The Labute approximate surface area is 129 Å². The molecule has 22 heavy (non-hydrogen) atoms. The molecule has 0 aliphatic carbocycles. The number of rotatable bonds is 5. The normalized spacial score (nSPS) is 16.8. The van der Waals surface area contributed by atoms with Crippen LogP contribution in [0.25, 0.3) is 0 Å². The molecule has 0 unspecified atom stereocenters. The maximum Gasteiger partial charge on any atom is 0.250 e. The molecule has 1 aliphatic rings. The summed E-state index contributed by atoms with van der Waals surface area (Å²) in [5.41, 5.74) is 1.60. The van der Waals surface area contributed by atoms with Gasteiger partial charge in [0.05, 0.1) is 0 Å². The maximum absolute atomic E-state index is 11.9. The summed E-state index contributed by atoms with van der Waals surface area (Å²) in [7, 11) is 1.66. The van der Waals surface area contributed by atoms with Crippen molar-refractivity contribution < 1.29 is 14.4 Å². The molecule has 0 spiro atoms. The molecule has 1 saturated heterocycles. The number of likely N-dealkylation sites (N-methyl/N-ethyl adjacent to an activating group) is 1. The molecule has 0 bridgehead atoms. The quantitative estimate of drug-likeness (QED) is 0.787. The summed E-state index contributed by atoms with van der Waals surface area (Å²) in [6.45, 7) is 3.80. The number of nitrogens with zero attached hydrogens (tertiary/aromatic N) is 1. The first-order valence-corrected chi connectivity index (χ1v) is 7.07. The van der Waals surface area contributed by atoms with E-state index in [9.17, 15) is 14.4 Å². The summed E-state index contributed by atoms with van der Waals surface area (Å²) in [5.74, 6) is -0.478. The summed E-state index contributed by atoms with van der Waals surface area (Å²) in [6.07, 6.45) is 2.17. The van der Waals surface area contributed by atoms with Crippen LogP contribution in [0.4, 0.5) is 5.69 Å². The number of carbonyl (C=O) groups excluding carboxylic acids is 3. The van der Waals surface area contributed by atoms with Crippen molar-refractivity contribution >= 4 is 23.4 Å². The predicted molar refractivity (Wildman–Crippen MR) is 83.1 cm³/mol. The molecule has 0 radical (unpaired) electrons. The number of anilines is 1. The van der Waals surface area contributed by atoms with E-state index in [0.29, 0.717) is 19.4 Å². The lowest BCUT2D eigenvalue weighted by atomic mass is 10.1. The molecule has 1 heterocycles. The van der Waals surface area contributed by atoms with Gasteiger partial charge < -0.3 is 15.5 Å². The largest absolute Gasteiger partial charge is 0.350 e. The Hall–Kier alpha value is -2.63. The number of carbonyl (C=O) groups is 3. The molecule has 6 nitrogen and oxygen atoms in total. The van der Waals surface area contributed by atoms with Crippen molar-refractivity contribution in [2.45, 2.75) is 25.4 Å². The number of hydrogen-bond donors (Lipinski definition) is 2. The summed E-state index contributed by atoms with van der Waals surface area (Å²) < 4.78 is 0. The second-order valence-electron chi connectivity index (χ2n) is 5.15. The highest BCUT2D eigenvalue weighted by Gasteiger charge is 2.26. The Morgan fingerprint density at radius 3 is 2.91 bits per heavy atom. The fourth-order valence-electron chi connectivity index (χ4n) is 2.26. The highest BCUT2D eigenvalue weighted by molar-refractivity contribution is 6.00. The van der Waals surface area contributed by atoms with Gasteiger partial charge in [0, 0.05) is 25.7 Å². The van der Waals surface area contributed by atoms with E-state index in [0.717, 1.165) is 11.3 Å². The van der Waals surface area contributed by atoms with Gasteiger partial charge in [-0.1, -0.05) is 18.7 Å². The third-order valence-electron chi connectivity index (χ3n) is 3.58. The van der Waals surface area contributed by atoms with Gasteiger partial charge in [0.1, 0.15) is 6.04 Å². The first-order valence-electron chi connectivity index (χ1n) is 7.07. The van der Waals surface area contributed by atoms with Gasteiger partial charge >= 0.3 is 0 Å². The fraction of sp³-hybridized carbons (Fsp3) is 0.312. The van der Waals surface area contributed by atoms with Crippen LogP contribution < -0.4 is 15.5 Å². The number of nitrogens with one attached hydrogen (secondary N) is 2. The van der Waals surface area contributed by atoms with Gasteiger partial charge in [0.15, 0.2) is 0 Å². The van der Waals surface area contributed by atoms with Crippen LogP contribution in [0.2, 0.25) is 0 Å². The summed E-state index contributed by atoms with van der Waals surface area (Å²) in [4.78, 5) is 36.1. The van der Waals surface area contributed by atoms with Crippen LogP contribution >= 0.6 is 0 Å². The second-order valence-corrected chi connectivity index (χ2v) is 5.15. The zero-order valence-corrected chi connectivity index (χ0v) is 12.5. The molecular weight excluding hydrogens is 282 g/mol. The standard InChI is InChI=1S/C16H19N3O3/c1-3-15(21)19(2)12-6-4-5-11(9-12)10-17-16(22)13-7-8-14(20)18-13/h3-6,9,13H,1,7-8,10H2,2H3,(H,17,22)(H,18,20)/t13-/m0/s1. The van der Waals surface area contributed by atoms with E-state index < -0.39 is 6.04 Å². The lowest BCUT2D eigenvalue weighted by molar-refractivity contribution is -0.125. The van der Waals surface area contributed by atoms with Crippen molar-refractivity contribution in [3.05, 3.63) is 42.5 Å². The Balaban J connectivity index is 1.96. The first kappa shape index (κ1) is 15.8. The Kier molecular flexibility index (Phi) is 4.93. The summed E-state index contributed by atoms with van der Waals surface area (Å²) in [6, 6.07) is 6.88. The van der Waals surface area contributed by atoms with Gasteiger partial charge in [-0.05, 0) is 30.2 Å². The summed E-state index contributed by atoms with van der Waals surface area (Å²) >= 11 is 0. The van der Waals surface area contributed by atoms with E-state index >= 15 is 0 Å². The van der Waals surface area contributed by atoms with Crippen molar-refractivity contribution in [1.82, 2.24) is 10.6 Å². The Morgan fingerprint density at radius 1 is 1.50 bits per heavy atom. The summed E-state index contributed by atoms with van der Waals surface area (Å²) in [5, 5.41) is 5.42. The molecule has 1 aromatic rings. The molecule has 0 aromatic heterocycles. The molecule has 1 atom stereocenters. The van der Waals surface area contributed by atoms with Crippen molar-refractivity contribution in [2.24, 2.45) is 0 Å². The van der Waals surface area contributed by atoms with Gasteiger partial charge in [-0.25, -0.2) is 0 Å². The molecule has 6 heteroatoms. The van der Waals surface area contributed by atoms with Crippen LogP contribution in [0.5, 0.6) is 0 Å². The van der Waals surface area contributed by atoms with Gasteiger partial charge in [0.25, 0.3) is 0 Å². The van der Waals surface area contributed by atoms with Gasteiger partial charge in [-0.2, -0.15) is 0 Å². The predicted octanol–water partition coefficient (Wildman–Crippen LogP) is 0.730. The molecule has 1 fully saturated rings. The van der Waals surface area contributed by atoms with Crippen molar-refractivity contribution in [3.63, 3.8) is 0 Å². The minimum atomic E-state index is -0.444. The van der Waals surface area contributed by atoms with Gasteiger partial charge in [-0.15, -0.1) is 0 Å². The average molecular weight is 301 g/mol. The topological polar surface area (TPSA) is 78.5 Å². The van der Waals surface area contributed by atoms with E-state index in [1.54, 1.807) is 7.05 Å². The molecule has 3 amide bonds. The average Bonchev–Trinajstić information content (AvgIpc) is 2.98. The van der Waals surface area contributed by atoms with Crippen LogP contribution in [0, 0.1) is 0 Å². The van der Waals surface area contributed by atoms with Crippen molar-refractivity contribution in [2.75, 3.05) is 11.9 Å². The highest BCUT2D eigenvalue weighted by atomic mass is 16.2. The molecule has 116 valence electrons. The van der Waals surface area contributed by atoms with E-state index in [1.807, 2.05) is 24.3 Å². The second kappa shape index (κ2) is 6.89. The fourth-order valence-corrected chi connectivity index (χ4v) is 2.26. The Bertz CT molecular complexity index is 612. The van der Waals surface area contributed by atoms with E-state index in [1.165, 1.54) is 11.0 Å². The van der Waals surface area contributed by atoms with Crippen LogP contribution in [0.1, 0.15) is 18.4 Å². The van der Waals surface area contributed by atoms with Crippen LogP contribution in [0.3, 0.4) is 0 Å². The molecule has 0 saturated carbocycles. The van der Waals surface area contributed by atoms with Crippen LogP contribution in [-0.2, 0) is 20.9 Å².